The first-order chi connectivity index (χ1) is 15.7. The quantitative estimate of drug-likeness (QED) is 0.424. The van der Waals surface area contributed by atoms with Gasteiger partial charge in [-0.25, -0.2) is 0 Å². The van der Waals surface area contributed by atoms with E-state index >= 15 is 0 Å². The van der Waals surface area contributed by atoms with Crippen molar-refractivity contribution in [3.05, 3.63) is 53.2 Å². The summed E-state index contributed by atoms with van der Waals surface area (Å²) in [5.74, 6) is -0.430. The highest BCUT2D eigenvalue weighted by atomic mass is 19.4. The Balaban J connectivity index is 1.57. The molecule has 1 aliphatic rings. The van der Waals surface area contributed by atoms with Gasteiger partial charge in [0.25, 0.3) is 0 Å². The van der Waals surface area contributed by atoms with Crippen LogP contribution in [0.25, 0.3) is 11.0 Å². The minimum atomic E-state index is -4.59. The molecule has 1 atom stereocenters. The number of hydrogen-bond acceptors (Lipinski definition) is 4. The van der Waals surface area contributed by atoms with Crippen molar-refractivity contribution in [2.24, 2.45) is 7.05 Å². The number of aryl methyl sites for hydroxylation is 1. The molecule has 5 nitrogen and oxygen atoms in total. The maximum Gasteiger partial charge on any atom is 0.417 e. The number of aromatic nitrogens is 3. The average Bonchev–Trinajstić information content (AvgIpc) is 3.14. The summed E-state index contributed by atoms with van der Waals surface area (Å²) in [6, 6.07) is 10.5. The standard InChI is InChI=1S/C25H28F3N3O2/c1-16(17-9-5-3-6-10-17)13-19(32)15-33-21-14-20(25(26,27)28)22-23(18-11-7-4-8-12-18)30-31(2)24(22)29-21/h3,5-6,9-10,14,16,18H,4,7-8,11-13,15H2,1-2H3/t16-/m1/s1. The molecule has 4 rings (SSSR count). The molecule has 2 aromatic heterocycles. The molecule has 1 aliphatic carbocycles. The SMILES string of the molecule is C[C@H](CC(=O)COc1cc(C(F)(F)F)c2c(C3CCCCC3)nn(C)c2n1)c1ccccc1. The first-order valence-corrected chi connectivity index (χ1v) is 11.4. The van der Waals surface area contributed by atoms with E-state index in [2.05, 4.69) is 10.1 Å². The second-order valence-corrected chi connectivity index (χ2v) is 8.89. The van der Waals surface area contributed by atoms with Gasteiger partial charge in [0.15, 0.2) is 11.4 Å². The normalized spacial score (nSPS) is 16.2. The van der Waals surface area contributed by atoms with Crippen molar-refractivity contribution >= 4 is 16.8 Å². The van der Waals surface area contributed by atoms with Gasteiger partial charge in [0, 0.05) is 25.5 Å². The van der Waals surface area contributed by atoms with Gasteiger partial charge in [-0.15, -0.1) is 0 Å². The van der Waals surface area contributed by atoms with E-state index in [9.17, 15) is 18.0 Å². The van der Waals surface area contributed by atoms with Crippen LogP contribution in [0.1, 0.15) is 74.1 Å². The molecule has 1 saturated carbocycles. The van der Waals surface area contributed by atoms with E-state index in [1.807, 2.05) is 37.3 Å². The number of carbonyl (C=O) groups excluding carboxylic acids is 1. The number of carbonyl (C=O) groups is 1. The fourth-order valence-corrected chi connectivity index (χ4v) is 4.67. The van der Waals surface area contributed by atoms with Gasteiger partial charge in [-0.3, -0.25) is 9.48 Å². The van der Waals surface area contributed by atoms with Crippen molar-refractivity contribution in [3.8, 4) is 5.88 Å². The Labute approximate surface area is 191 Å². The number of ketones is 1. The number of hydrogen-bond donors (Lipinski definition) is 0. The lowest BCUT2D eigenvalue weighted by Crippen LogP contribution is -2.15. The summed E-state index contributed by atoms with van der Waals surface area (Å²) in [5, 5.41) is 4.48. The minimum Gasteiger partial charge on any atom is -0.470 e. The van der Waals surface area contributed by atoms with Crippen LogP contribution in [0.5, 0.6) is 5.88 Å². The molecule has 0 amide bonds. The molecular weight excluding hydrogens is 431 g/mol. The number of alkyl halides is 3. The molecule has 3 aromatic rings. The Morgan fingerprint density at radius 1 is 1.18 bits per heavy atom. The van der Waals surface area contributed by atoms with Crippen molar-refractivity contribution in [2.75, 3.05) is 6.61 Å². The van der Waals surface area contributed by atoms with E-state index in [1.54, 1.807) is 7.05 Å². The smallest absolute Gasteiger partial charge is 0.417 e. The fourth-order valence-electron chi connectivity index (χ4n) is 4.67. The Morgan fingerprint density at radius 3 is 2.55 bits per heavy atom. The van der Waals surface area contributed by atoms with E-state index in [4.69, 9.17) is 4.74 Å². The van der Waals surface area contributed by atoms with Crippen LogP contribution in [0.2, 0.25) is 0 Å². The van der Waals surface area contributed by atoms with Gasteiger partial charge < -0.3 is 4.74 Å². The molecule has 0 radical (unpaired) electrons. The third-order valence-corrected chi connectivity index (χ3v) is 6.38. The Kier molecular flexibility index (Phi) is 6.72. The second-order valence-electron chi connectivity index (χ2n) is 8.89. The van der Waals surface area contributed by atoms with Gasteiger partial charge in [-0.2, -0.15) is 23.3 Å². The summed E-state index contributed by atoms with van der Waals surface area (Å²) in [4.78, 5) is 16.7. The molecule has 1 fully saturated rings. The third-order valence-electron chi connectivity index (χ3n) is 6.38. The van der Waals surface area contributed by atoms with Crippen LogP contribution < -0.4 is 4.74 Å². The van der Waals surface area contributed by atoms with Gasteiger partial charge in [0.1, 0.15) is 6.61 Å². The molecule has 0 unspecified atom stereocenters. The van der Waals surface area contributed by atoms with Crippen molar-refractivity contribution < 1.29 is 22.7 Å². The largest absolute Gasteiger partial charge is 0.470 e. The lowest BCUT2D eigenvalue weighted by atomic mass is 9.85. The molecule has 0 bridgehead atoms. The number of halogens is 3. The maximum atomic E-state index is 14.0. The zero-order valence-corrected chi connectivity index (χ0v) is 18.9. The second kappa shape index (κ2) is 9.53. The molecule has 33 heavy (non-hydrogen) atoms. The third kappa shape index (κ3) is 5.20. The lowest BCUT2D eigenvalue weighted by molar-refractivity contribution is -0.136. The van der Waals surface area contributed by atoms with Gasteiger partial charge >= 0.3 is 6.18 Å². The van der Waals surface area contributed by atoms with Gasteiger partial charge in [-0.1, -0.05) is 56.5 Å². The van der Waals surface area contributed by atoms with E-state index < -0.39 is 11.7 Å². The number of Topliss-reactive ketones (excluding diaryl/α,β-unsaturated/α-hetero) is 1. The molecule has 8 heteroatoms. The zero-order chi connectivity index (χ0) is 23.6. The van der Waals surface area contributed by atoms with Crippen LogP contribution in [0.3, 0.4) is 0 Å². The van der Waals surface area contributed by atoms with Gasteiger partial charge in [-0.05, 0) is 24.3 Å². The maximum absolute atomic E-state index is 14.0. The van der Waals surface area contributed by atoms with Crippen LogP contribution in [0, 0.1) is 0 Å². The molecule has 2 heterocycles. The summed E-state index contributed by atoms with van der Waals surface area (Å²) in [5.41, 5.74) is 0.813. The van der Waals surface area contributed by atoms with Gasteiger partial charge in [0.05, 0.1) is 16.6 Å². The summed E-state index contributed by atoms with van der Waals surface area (Å²) < 4.78 is 48.9. The molecule has 0 aliphatic heterocycles. The highest BCUT2D eigenvalue weighted by Gasteiger charge is 2.37. The van der Waals surface area contributed by atoms with Crippen molar-refractivity contribution in [1.82, 2.24) is 14.8 Å². The van der Waals surface area contributed by atoms with Crippen LogP contribution in [-0.4, -0.2) is 27.2 Å². The summed E-state index contributed by atoms with van der Waals surface area (Å²) in [7, 11) is 1.60. The van der Waals surface area contributed by atoms with Crippen LogP contribution in [0.15, 0.2) is 36.4 Å². The summed E-state index contributed by atoms with van der Waals surface area (Å²) in [6.07, 6.45) is 0.379. The minimum absolute atomic E-state index is 0.00169. The summed E-state index contributed by atoms with van der Waals surface area (Å²) >= 11 is 0. The lowest BCUT2D eigenvalue weighted by Gasteiger charge is -2.21. The van der Waals surface area contributed by atoms with Crippen molar-refractivity contribution in [3.63, 3.8) is 0 Å². The number of rotatable bonds is 7. The number of benzene rings is 1. The zero-order valence-electron chi connectivity index (χ0n) is 18.9. The fraction of sp³-hybridized carbons (Fsp3) is 0.480. The number of ether oxygens (including phenoxy) is 1. The average molecular weight is 460 g/mol. The van der Waals surface area contributed by atoms with Crippen LogP contribution in [0.4, 0.5) is 13.2 Å². The molecule has 0 N–H and O–H groups in total. The number of fused-ring (bicyclic) bond motifs is 1. The van der Waals surface area contributed by atoms with E-state index in [-0.39, 0.29) is 47.6 Å². The topological polar surface area (TPSA) is 57.0 Å². The highest BCUT2D eigenvalue weighted by molar-refractivity contribution is 5.84. The molecule has 0 spiro atoms. The number of nitrogens with zero attached hydrogens (tertiary/aromatic N) is 3. The van der Waals surface area contributed by atoms with Crippen molar-refractivity contribution in [1.29, 1.82) is 0 Å². The van der Waals surface area contributed by atoms with Gasteiger partial charge in [0.2, 0.25) is 5.88 Å². The van der Waals surface area contributed by atoms with Crippen LogP contribution >= 0.6 is 0 Å². The molecular formula is C25H28F3N3O2. The Morgan fingerprint density at radius 2 is 1.88 bits per heavy atom. The Bertz CT molecular complexity index is 1120. The predicted molar refractivity (Wildman–Crippen MR) is 119 cm³/mol. The van der Waals surface area contributed by atoms with E-state index in [0.29, 0.717) is 5.69 Å². The Hall–Kier alpha value is -2.90. The van der Waals surface area contributed by atoms with Crippen LogP contribution in [-0.2, 0) is 18.0 Å². The first kappa shape index (κ1) is 23.3. The molecule has 0 saturated heterocycles. The monoisotopic (exact) mass is 459 g/mol. The molecule has 176 valence electrons. The first-order valence-electron chi connectivity index (χ1n) is 11.4. The molecule has 1 aromatic carbocycles. The van der Waals surface area contributed by atoms with Crippen molar-refractivity contribution in [2.45, 2.75) is 63.5 Å². The highest BCUT2D eigenvalue weighted by Crippen LogP contribution is 2.42. The number of pyridine rings is 1. The van der Waals surface area contributed by atoms with E-state index in [0.717, 1.165) is 43.7 Å². The summed E-state index contributed by atoms with van der Waals surface area (Å²) in [6.45, 7) is 1.60. The van der Waals surface area contributed by atoms with E-state index in [1.165, 1.54) is 4.68 Å². The predicted octanol–water partition coefficient (Wildman–Crippen LogP) is 6.18.